The van der Waals surface area contributed by atoms with Crippen molar-refractivity contribution in [2.24, 2.45) is 0 Å². The fourth-order valence-corrected chi connectivity index (χ4v) is 5.21. The zero-order chi connectivity index (χ0) is 32.2. The standard InChI is InChI=1S/C37H26ClFN4O3/c1-24-33(36(44)42(37(45)34(24)20-40)21-25-9-15-30(39)16-10-25)19-28-22-43(31-5-3-2-4-6-31)41-35(28)27-11-17-32(18-12-27)46-23-26-7-13-29(38)14-8-26/h2-19,22H,21,23H2,1H3/b33-19+. The third kappa shape index (κ3) is 6.36. The number of aromatic nitrogens is 2. The van der Waals surface area contributed by atoms with Crippen molar-refractivity contribution in [1.82, 2.24) is 14.7 Å². The summed E-state index contributed by atoms with van der Waals surface area (Å²) in [5.74, 6) is -1.02. The molecule has 0 saturated carbocycles. The molecule has 46 heavy (non-hydrogen) atoms. The molecule has 0 bridgehead atoms. The maximum Gasteiger partial charge on any atom is 0.271 e. The molecule has 0 spiro atoms. The van der Waals surface area contributed by atoms with Crippen molar-refractivity contribution < 1.29 is 18.7 Å². The number of rotatable bonds is 8. The van der Waals surface area contributed by atoms with Crippen molar-refractivity contribution in [3.05, 3.63) is 154 Å². The number of hydrogen-bond acceptors (Lipinski definition) is 5. The molecule has 0 atom stereocenters. The number of amides is 2. The van der Waals surface area contributed by atoms with Crippen LogP contribution in [0.15, 0.2) is 126 Å². The Hall–Kier alpha value is -5.78. The van der Waals surface area contributed by atoms with Crippen LogP contribution in [-0.4, -0.2) is 26.5 Å². The average molecular weight is 629 g/mol. The molecule has 0 aliphatic carbocycles. The molecular formula is C37H26ClFN4O3. The van der Waals surface area contributed by atoms with Crippen LogP contribution in [-0.2, 0) is 22.7 Å². The van der Waals surface area contributed by atoms with Gasteiger partial charge in [-0.25, -0.2) is 9.07 Å². The lowest BCUT2D eigenvalue weighted by Crippen LogP contribution is -2.42. The van der Waals surface area contributed by atoms with Crippen LogP contribution in [0.1, 0.15) is 23.6 Å². The molecule has 0 N–H and O–H groups in total. The summed E-state index contributed by atoms with van der Waals surface area (Å²) >= 11 is 5.98. The Labute approximate surface area is 270 Å². The minimum Gasteiger partial charge on any atom is -0.489 e. The third-order valence-electron chi connectivity index (χ3n) is 7.59. The normalized spacial score (nSPS) is 14.1. The molecule has 6 rings (SSSR count). The molecule has 2 amide bonds. The van der Waals surface area contributed by atoms with E-state index in [1.807, 2.05) is 84.9 Å². The van der Waals surface area contributed by atoms with Crippen molar-refractivity contribution in [2.45, 2.75) is 20.1 Å². The van der Waals surface area contributed by atoms with Gasteiger partial charge in [-0.3, -0.25) is 14.5 Å². The van der Waals surface area contributed by atoms with Crippen molar-refractivity contribution >= 4 is 29.5 Å². The number of carbonyl (C=O) groups is 2. The first-order chi connectivity index (χ1) is 22.3. The summed E-state index contributed by atoms with van der Waals surface area (Å²) in [5, 5.41) is 15.4. The van der Waals surface area contributed by atoms with Gasteiger partial charge in [0.05, 0.1) is 17.9 Å². The third-order valence-corrected chi connectivity index (χ3v) is 7.84. The largest absolute Gasteiger partial charge is 0.489 e. The van der Waals surface area contributed by atoms with Gasteiger partial charge >= 0.3 is 0 Å². The van der Waals surface area contributed by atoms with E-state index in [4.69, 9.17) is 21.4 Å². The number of hydrogen-bond donors (Lipinski definition) is 0. The second kappa shape index (κ2) is 13.1. The molecule has 9 heteroatoms. The lowest BCUT2D eigenvalue weighted by Gasteiger charge is -2.27. The fourth-order valence-electron chi connectivity index (χ4n) is 5.09. The molecule has 0 radical (unpaired) electrons. The number of para-hydroxylation sites is 1. The fraction of sp³-hybridized carbons (Fsp3) is 0.0811. The summed E-state index contributed by atoms with van der Waals surface area (Å²) in [6.07, 6.45) is 3.46. The van der Waals surface area contributed by atoms with Crippen LogP contribution in [0.3, 0.4) is 0 Å². The van der Waals surface area contributed by atoms with Gasteiger partial charge < -0.3 is 4.74 Å². The van der Waals surface area contributed by atoms with Gasteiger partial charge in [-0.05, 0) is 90.4 Å². The Kier molecular flexibility index (Phi) is 8.59. The predicted molar refractivity (Wildman–Crippen MR) is 173 cm³/mol. The van der Waals surface area contributed by atoms with E-state index in [2.05, 4.69) is 0 Å². The first kappa shape index (κ1) is 30.3. The van der Waals surface area contributed by atoms with Gasteiger partial charge in [-0.15, -0.1) is 0 Å². The molecule has 1 aromatic heterocycles. The van der Waals surface area contributed by atoms with E-state index in [1.165, 1.54) is 24.3 Å². The molecule has 2 heterocycles. The second-order valence-electron chi connectivity index (χ2n) is 10.6. The van der Waals surface area contributed by atoms with Crippen molar-refractivity contribution in [3.8, 4) is 28.8 Å². The van der Waals surface area contributed by atoms with Crippen LogP contribution in [0.4, 0.5) is 4.39 Å². The van der Waals surface area contributed by atoms with Gasteiger partial charge in [0.2, 0.25) is 0 Å². The van der Waals surface area contributed by atoms with E-state index in [0.717, 1.165) is 21.7 Å². The average Bonchev–Trinajstić information content (AvgIpc) is 3.50. The van der Waals surface area contributed by atoms with E-state index in [9.17, 15) is 19.2 Å². The number of carbonyl (C=O) groups excluding carboxylic acids is 2. The highest BCUT2D eigenvalue weighted by Crippen LogP contribution is 2.32. The predicted octanol–water partition coefficient (Wildman–Crippen LogP) is 7.70. The van der Waals surface area contributed by atoms with Crippen LogP contribution in [0.2, 0.25) is 5.02 Å². The molecule has 0 saturated heterocycles. The topological polar surface area (TPSA) is 88.2 Å². The first-order valence-electron chi connectivity index (χ1n) is 14.4. The van der Waals surface area contributed by atoms with Gasteiger partial charge in [0.1, 0.15) is 29.8 Å². The highest BCUT2D eigenvalue weighted by Gasteiger charge is 2.35. The number of ether oxygens (including phenoxy) is 1. The summed E-state index contributed by atoms with van der Waals surface area (Å²) in [4.78, 5) is 28.0. The molecule has 0 unspecified atom stereocenters. The Balaban J connectivity index is 1.37. The molecule has 5 aromatic rings. The minimum atomic E-state index is -0.694. The monoisotopic (exact) mass is 628 g/mol. The Morgan fingerprint density at radius 2 is 1.57 bits per heavy atom. The lowest BCUT2D eigenvalue weighted by atomic mass is 9.93. The van der Waals surface area contributed by atoms with E-state index in [1.54, 1.807) is 23.9 Å². The van der Waals surface area contributed by atoms with E-state index in [0.29, 0.717) is 34.2 Å². The van der Waals surface area contributed by atoms with Crippen LogP contribution in [0.5, 0.6) is 5.75 Å². The zero-order valence-corrected chi connectivity index (χ0v) is 25.4. The van der Waals surface area contributed by atoms with E-state index >= 15 is 0 Å². The first-order valence-corrected chi connectivity index (χ1v) is 14.7. The SMILES string of the molecule is CC1=C(C#N)C(=O)N(Cc2ccc(F)cc2)C(=O)/C1=C/c1cn(-c2ccccc2)nc1-c1ccc(OCc2ccc(Cl)cc2)cc1. The molecule has 7 nitrogen and oxygen atoms in total. The summed E-state index contributed by atoms with van der Waals surface area (Å²) in [6, 6.07) is 31.9. The highest BCUT2D eigenvalue weighted by atomic mass is 35.5. The molecule has 1 aliphatic heterocycles. The Bertz CT molecular complexity index is 2030. The van der Waals surface area contributed by atoms with E-state index in [-0.39, 0.29) is 23.3 Å². The van der Waals surface area contributed by atoms with Crippen molar-refractivity contribution in [2.75, 3.05) is 0 Å². The lowest BCUT2D eigenvalue weighted by molar-refractivity contribution is -0.141. The highest BCUT2D eigenvalue weighted by molar-refractivity contribution is 6.30. The quantitative estimate of drug-likeness (QED) is 0.130. The van der Waals surface area contributed by atoms with Gasteiger partial charge in [0.15, 0.2) is 0 Å². The smallest absolute Gasteiger partial charge is 0.271 e. The van der Waals surface area contributed by atoms with Gasteiger partial charge in [0, 0.05) is 27.9 Å². The molecule has 1 aliphatic rings. The number of benzene rings is 4. The van der Waals surface area contributed by atoms with Crippen LogP contribution in [0, 0.1) is 17.1 Å². The van der Waals surface area contributed by atoms with Crippen LogP contribution < -0.4 is 4.74 Å². The molecule has 0 fully saturated rings. The molecule has 4 aromatic carbocycles. The van der Waals surface area contributed by atoms with Crippen molar-refractivity contribution in [3.63, 3.8) is 0 Å². The summed E-state index contributed by atoms with van der Waals surface area (Å²) < 4.78 is 21.2. The van der Waals surface area contributed by atoms with Crippen LogP contribution >= 0.6 is 11.6 Å². The van der Waals surface area contributed by atoms with Crippen LogP contribution in [0.25, 0.3) is 23.0 Å². The summed E-state index contributed by atoms with van der Waals surface area (Å²) in [5.41, 5.74) is 4.63. The number of imide groups is 1. The maximum atomic E-state index is 13.8. The van der Waals surface area contributed by atoms with Gasteiger partial charge in [-0.1, -0.05) is 54.1 Å². The number of nitrogens with zero attached hydrogens (tertiary/aromatic N) is 4. The minimum absolute atomic E-state index is 0.110. The maximum absolute atomic E-state index is 13.8. The van der Waals surface area contributed by atoms with Gasteiger partial charge in [0.25, 0.3) is 11.8 Å². The molecular weight excluding hydrogens is 603 g/mol. The second-order valence-corrected chi connectivity index (χ2v) is 11.1. The Morgan fingerprint density at radius 1 is 0.891 bits per heavy atom. The van der Waals surface area contributed by atoms with E-state index < -0.39 is 17.6 Å². The van der Waals surface area contributed by atoms with Crippen molar-refractivity contribution in [1.29, 1.82) is 5.26 Å². The number of nitriles is 1. The zero-order valence-electron chi connectivity index (χ0n) is 24.7. The summed E-state index contributed by atoms with van der Waals surface area (Å²) in [6.45, 7) is 1.85. The Morgan fingerprint density at radius 3 is 2.24 bits per heavy atom. The number of halogens is 2. The van der Waals surface area contributed by atoms with Gasteiger partial charge in [-0.2, -0.15) is 10.4 Å². The molecule has 226 valence electrons. The summed E-state index contributed by atoms with van der Waals surface area (Å²) in [7, 11) is 0.